The van der Waals surface area contributed by atoms with Gasteiger partial charge in [-0.2, -0.15) is 0 Å². The number of aliphatic hydroxyl groups is 1. The SMILES string of the molecule is CC(O)C(NC(=O)C(CCC(=O)O)NC(=O)C(Cc1ccccc1)NC(=O)C(N)Cc1ccc(O)cc1)C(=O)O. The van der Waals surface area contributed by atoms with Crippen LogP contribution in [0.1, 0.15) is 30.9 Å². The molecule has 3 amide bonds. The highest BCUT2D eigenvalue weighted by Crippen LogP contribution is 2.12. The topological polar surface area (TPSA) is 228 Å². The first-order valence-electron chi connectivity index (χ1n) is 12.5. The van der Waals surface area contributed by atoms with Crippen molar-refractivity contribution in [2.45, 2.75) is 62.9 Å². The highest BCUT2D eigenvalue weighted by Gasteiger charge is 2.32. The standard InChI is InChI=1S/C27H34N4O9/c1-15(32)23(27(39)40)31-25(37)20(11-12-22(34)35)29-26(38)21(14-16-5-3-2-4-6-16)30-24(36)19(28)13-17-7-9-18(33)10-8-17/h2-10,15,19-21,23,32-33H,11-14,28H2,1H3,(H,29,38)(H,30,36)(H,31,37)(H,34,35)(H,39,40). The highest BCUT2D eigenvalue weighted by molar-refractivity contribution is 5.94. The Morgan fingerprint density at radius 1 is 0.775 bits per heavy atom. The predicted molar refractivity (Wildman–Crippen MR) is 142 cm³/mol. The molecule has 0 saturated carbocycles. The average molecular weight is 559 g/mol. The number of hydrogen-bond acceptors (Lipinski definition) is 8. The minimum atomic E-state index is -1.70. The zero-order chi connectivity index (χ0) is 29.8. The van der Waals surface area contributed by atoms with Gasteiger partial charge in [-0.25, -0.2) is 4.79 Å². The van der Waals surface area contributed by atoms with Crippen molar-refractivity contribution in [3.05, 3.63) is 65.7 Å². The first-order chi connectivity index (χ1) is 18.9. The molecule has 2 aromatic rings. The molecule has 40 heavy (non-hydrogen) atoms. The number of aromatic hydroxyl groups is 1. The van der Waals surface area contributed by atoms with Gasteiger partial charge in [0.2, 0.25) is 17.7 Å². The number of aliphatic hydroxyl groups excluding tert-OH is 1. The van der Waals surface area contributed by atoms with Crippen molar-refractivity contribution >= 4 is 29.7 Å². The molecular weight excluding hydrogens is 524 g/mol. The van der Waals surface area contributed by atoms with Crippen molar-refractivity contribution in [2.24, 2.45) is 5.73 Å². The molecule has 0 spiro atoms. The summed E-state index contributed by atoms with van der Waals surface area (Å²) in [6.45, 7) is 1.15. The third kappa shape index (κ3) is 10.3. The van der Waals surface area contributed by atoms with Crippen LogP contribution in [0.5, 0.6) is 5.75 Å². The first kappa shape index (κ1) is 31.7. The average Bonchev–Trinajstić information content (AvgIpc) is 2.90. The Labute approximate surface area is 230 Å². The minimum absolute atomic E-state index is 0.00301. The number of phenolic OH excluding ortho intramolecular Hbond substituents is 1. The van der Waals surface area contributed by atoms with Gasteiger partial charge in [0, 0.05) is 12.8 Å². The number of nitrogens with one attached hydrogen (secondary N) is 3. The maximum absolute atomic E-state index is 13.3. The number of rotatable bonds is 15. The summed E-state index contributed by atoms with van der Waals surface area (Å²) >= 11 is 0. The van der Waals surface area contributed by atoms with Gasteiger partial charge in [0.05, 0.1) is 12.1 Å². The number of carboxylic acids is 2. The highest BCUT2D eigenvalue weighted by atomic mass is 16.4. The van der Waals surface area contributed by atoms with E-state index >= 15 is 0 Å². The Bertz CT molecular complexity index is 1170. The predicted octanol–water partition coefficient (Wildman–Crippen LogP) is -0.711. The molecule has 0 aromatic heterocycles. The number of benzene rings is 2. The fraction of sp³-hybridized carbons (Fsp3) is 0.370. The lowest BCUT2D eigenvalue weighted by molar-refractivity contribution is -0.145. The van der Waals surface area contributed by atoms with Crippen LogP contribution in [0, 0.1) is 0 Å². The van der Waals surface area contributed by atoms with E-state index in [1.807, 2.05) is 0 Å². The molecule has 13 nitrogen and oxygen atoms in total. The summed E-state index contributed by atoms with van der Waals surface area (Å²) in [4.78, 5) is 61.6. The monoisotopic (exact) mass is 558 g/mol. The lowest BCUT2D eigenvalue weighted by Gasteiger charge is -2.25. The van der Waals surface area contributed by atoms with E-state index in [0.29, 0.717) is 11.1 Å². The van der Waals surface area contributed by atoms with Crippen molar-refractivity contribution in [1.82, 2.24) is 16.0 Å². The summed E-state index contributed by atoms with van der Waals surface area (Å²) in [6, 6.07) is 9.27. The van der Waals surface area contributed by atoms with E-state index < -0.39 is 66.4 Å². The molecule has 5 atom stereocenters. The van der Waals surface area contributed by atoms with E-state index in [1.54, 1.807) is 42.5 Å². The summed E-state index contributed by atoms with van der Waals surface area (Å²) in [5.41, 5.74) is 7.39. The molecule has 0 aliphatic carbocycles. The van der Waals surface area contributed by atoms with Gasteiger partial charge in [0.1, 0.15) is 17.8 Å². The van der Waals surface area contributed by atoms with Gasteiger partial charge >= 0.3 is 11.9 Å². The fourth-order valence-corrected chi connectivity index (χ4v) is 3.77. The Morgan fingerprint density at radius 2 is 1.32 bits per heavy atom. The van der Waals surface area contributed by atoms with E-state index in [4.69, 9.17) is 10.8 Å². The second-order valence-corrected chi connectivity index (χ2v) is 9.29. The van der Waals surface area contributed by atoms with Crippen molar-refractivity contribution in [2.75, 3.05) is 0 Å². The normalized spacial score (nSPS) is 14.6. The van der Waals surface area contributed by atoms with Crippen LogP contribution >= 0.6 is 0 Å². The number of carboxylic acid groups (broad SMARTS) is 2. The molecule has 9 N–H and O–H groups in total. The number of nitrogens with two attached hydrogens (primary N) is 1. The molecule has 0 aliphatic heterocycles. The van der Waals surface area contributed by atoms with Gasteiger partial charge < -0.3 is 42.1 Å². The smallest absolute Gasteiger partial charge is 0.328 e. The number of amides is 3. The van der Waals surface area contributed by atoms with Gasteiger partial charge in [-0.1, -0.05) is 42.5 Å². The molecule has 13 heteroatoms. The molecule has 0 fully saturated rings. The Hall–Kier alpha value is -4.49. The van der Waals surface area contributed by atoms with E-state index in [9.17, 15) is 39.3 Å². The number of aliphatic carboxylic acids is 2. The van der Waals surface area contributed by atoms with E-state index in [-0.39, 0.29) is 25.0 Å². The maximum Gasteiger partial charge on any atom is 0.328 e. The van der Waals surface area contributed by atoms with Crippen LogP contribution in [0.15, 0.2) is 54.6 Å². The zero-order valence-corrected chi connectivity index (χ0v) is 21.8. The number of carbonyl (C=O) groups excluding carboxylic acids is 3. The number of carbonyl (C=O) groups is 5. The summed E-state index contributed by atoms with van der Waals surface area (Å²) in [5, 5.41) is 44.6. The van der Waals surface area contributed by atoms with Crippen LogP contribution in [-0.4, -0.2) is 80.4 Å². The van der Waals surface area contributed by atoms with Crippen LogP contribution < -0.4 is 21.7 Å². The van der Waals surface area contributed by atoms with Crippen molar-refractivity contribution in [1.29, 1.82) is 0 Å². The van der Waals surface area contributed by atoms with Crippen LogP contribution in [-0.2, 0) is 36.8 Å². The van der Waals surface area contributed by atoms with Crippen molar-refractivity contribution in [3.8, 4) is 5.75 Å². The molecule has 0 radical (unpaired) electrons. The van der Waals surface area contributed by atoms with Gasteiger partial charge in [-0.15, -0.1) is 0 Å². The van der Waals surface area contributed by atoms with E-state index in [1.165, 1.54) is 12.1 Å². The second-order valence-electron chi connectivity index (χ2n) is 9.29. The third-order valence-corrected chi connectivity index (χ3v) is 5.97. The second kappa shape index (κ2) is 15.2. The summed E-state index contributed by atoms with van der Waals surface area (Å²) in [5.74, 6) is -5.25. The Morgan fingerprint density at radius 3 is 1.88 bits per heavy atom. The molecule has 0 aliphatic rings. The van der Waals surface area contributed by atoms with Gasteiger partial charge in [0.15, 0.2) is 6.04 Å². The molecule has 5 unspecified atom stereocenters. The van der Waals surface area contributed by atoms with E-state index in [0.717, 1.165) is 6.92 Å². The van der Waals surface area contributed by atoms with Crippen LogP contribution in [0.2, 0.25) is 0 Å². The Balaban J connectivity index is 2.23. The van der Waals surface area contributed by atoms with Crippen LogP contribution in [0.4, 0.5) is 0 Å². The van der Waals surface area contributed by atoms with Crippen molar-refractivity contribution in [3.63, 3.8) is 0 Å². The quantitative estimate of drug-likeness (QED) is 0.137. The molecule has 0 bridgehead atoms. The van der Waals surface area contributed by atoms with Crippen LogP contribution in [0.25, 0.3) is 0 Å². The zero-order valence-electron chi connectivity index (χ0n) is 21.8. The molecular formula is C27H34N4O9. The number of phenols is 1. The molecule has 0 heterocycles. The van der Waals surface area contributed by atoms with Crippen molar-refractivity contribution < 1.29 is 44.4 Å². The molecule has 0 saturated heterocycles. The van der Waals surface area contributed by atoms with Gasteiger partial charge in [-0.3, -0.25) is 19.2 Å². The minimum Gasteiger partial charge on any atom is -0.508 e. The molecule has 2 aromatic carbocycles. The summed E-state index contributed by atoms with van der Waals surface area (Å²) in [7, 11) is 0. The third-order valence-electron chi connectivity index (χ3n) is 5.97. The van der Waals surface area contributed by atoms with Gasteiger partial charge in [-0.05, 0) is 43.0 Å². The Kier molecular flexibility index (Phi) is 12.0. The first-order valence-corrected chi connectivity index (χ1v) is 12.5. The lowest BCUT2D eigenvalue weighted by atomic mass is 10.0. The molecule has 216 valence electrons. The summed E-state index contributed by atoms with van der Waals surface area (Å²) in [6.07, 6.45) is -2.28. The van der Waals surface area contributed by atoms with Crippen LogP contribution in [0.3, 0.4) is 0 Å². The fourth-order valence-electron chi connectivity index (χ4n) is 3.77. The summed E-state index contributed by atoms with van der Waals surface area (Å²) < 4.78 is 0. The maximum atomic E-state index is 13.3. The largest absolute Gasteiger partial charge is 0.508 e. The lowest BCUT2D eigenvalue weighted by Crippen LogP contribution is -2.58. The molecule has 2 rings (SSSR count). The van der Waals surface area contributed by atoms with Gasteiger partial charge in [0.25, 0.3) is 0 Å². The van der Waals surface area contributed by atoms with E-state index in [2.05, 4.69) is 16.0 Å². The number of hydrogen-bond donors (Lipinski definition) is 8.